The number of ether oxygens (including phenoxy) is 3. The van der Waals surface area contributed by atoms with Crippen LogP contribution >= 0.6 is 0 Å². The molecule has 9 heteroatoms. The predicted octanol–water partition coefficient (Wildman–Crippen LogP) is 2.75. The molecule has 1 saturated heterocycles. The molecule has 7 nitrogen and oxygen atoms in total. The number of pyridine rings is 1. The van der Waals surface area contributed by atoms with Crippen LogP contribution in [0, 0.1) is 0 Å². The average Bonchev–Trinajstić information content (AvgIpc) is 2.53. The lowest BCUT2D eigenvalue weighted by molar-refractivity contribution is -0.0528. The monoisotopic (exact) mass is 359 g/mol. The molecule has 0 bridgehead atoms. The number of carbonyl (C=O) groups is 1. The number of carbonyl (C=O) groups excluding carboxylic acids is 1. The van der Waals surface area contributed by atoms with Crippen LogP contribution in [-0.2, 0) is 4.74 Å². The highest BCUT2D eigenvalue weighted by Gasteiger charge is 2.27. The highest BCUT2D eigenvalue weighted by atomic mass is 19.3. The highest BCUT2D eigenvalue weighted by molar-refractivity contribution is 5.68. The first-order chi connectivity index (χ1) is 11.7. The molecule has 1 amide bonds. The van der Waals surface area contributed by atoms with E-state index in [2.05, 4.69) is 9.72 Å². The summed E-state index contributed by atoms with van der Waals surface area (Å²) in [7, 11) is 1.48. The van der Waals surface area contributed by atoms with Gasteiger partial charge >= 0.3 is 12.7 Å². The van der Waals surface area contributed by atoms with E-state index in [1.807, 2.05) is 25.7 Å². The molecular weight excluding hydrogens is 336 g/mol. The number of hydrogen-bond acceptors (Lipinski definition) is 6. The molecule has 0 N–H and O–H groups in total. The summed E-state index contributed by atoms with van der Waals surface area (Å²) >= 11 is 0. The number of anilines is 1. The largest absolute Gasteiger partial charge is 0.493 e. The van der Waals surface area contributed by atoms with Gasteiger partial charge in [-0.25, -0.2) is 4.79 Å². The van der Waals surface area contributed by atoms with Crippen molar-refractivity contribution in [3.05, 3.63) is 12.1 Å². The Morgan fingerprint density at radius 2 is 1.84 bits per heavy atom. The van der Waals surface area contributed by atoms with Crippen molar-refractivity contribution >= 4 is 11.9 Å². The minimum Gasteiger partial charge on any atom is -0.493 e. The van der Waals surface area contributed by atoms with Crippen LogP contribution in [0.25, 0.3) is 0 Å². The summed E-state index contributed by atoms with van der Waals surface area (Å²) in [5, 5.41) is 0. The third-order valence-corrected chi connectivity index (χ3v) is 3.47. The molecular formula is C16H23F2N3O4. The predicted molar refractivity (Wildman–Crippen MR) is 87.4 cm³/mol. The number of alkyl halides is 2. The van der Waals surface area contributed by atoms with Crippen LogP contribution in [0.5, 0.6) is 11.6 Å². The van der Waals surface area contributed by atoms with Crippen molar-refractivity contribution in [3.63, 3.8) is 0 Å². The molecule has 1 aliphatic rings. The van der Waals surface area contributed by atoms with E-state index in [0.29, 0.717) is 37.7 Å². The Morgan fingerprint density at radius 3 is 2.36 bits per heavy atom. The molecule has 2 rings (SSSR count). The fourth-order valence-electron chi connectivity index (χ4n) is 2.39. The smallest absolute Gasteiger partial charge is 0.410 e. The summed E-state index contributed by atoms with van der Waals surface area (Å²) in [6.07, 6.45) is -0.373. The Labute approximate surface area is 145 Å². The summed E-state index contributed by atoms with van der Waals surface area (Å²) in [6, 6.07) is 2.85. The maximum Gasteiger partial charge on any atom is 0.410 e. The Balaban J connectivity index is 2.05. The van der Waals surface area contributed by atoms with Gasteiger partial charge in [-0.05, 0) is 26.8 Å². The van der Waals surface area contributed by atoms with E-state index in [0.717, 1.165) is 0 Å². The van der Waals surface area contributed by atoms with Gasteiger partial charge in [-0.15, -0.1) is 0 Å². The zero-order valence-corrected chi connectivity index (χ0v) is 14.8. The van der Waals surface area contributed by atoms with Gasteiger partial charge < -0.3 is 24.0 Å². The lowest BCUT2D eigenvalue weighted by Gasteiger charge is -2.36. The van der Waals surface area contributed by atoms with Gasteiger partial charge in [0, 0.05) is 32.2 Å². The summed E-state index contributed by atoms with van der Waals surface area (Å²) in [6.45, 7) is 4.29. The van der Waals surface area contributed by atoms with Crippen LogP contribution in [0.1, 0.15) is 20.8 Å². The fourth-order valence-corrected chi connectivity index (χ4v) is 2.39. The Kier molecular flexibility index (Phi) is 5.86. The number of aromatic nitrogens is 1. The van der Waals surface area contributed by atoms with Crippen LogP contribution in [0.15, 0.2) is 12.1 Å². The summed E-state index contributed by atoms with van der Waals surface area (Å²) in [5.74, 6) is 0.678. The molecule has 1 aliphatic heterocycles. The Hall–Kier alpha value is -2.32. The Bertz CT molecular complexity index is 600. The van der Waals surface area contributed by atoms with Gasteiger partial charge in [0.1, 0.15) is 5.60 Å². The van der Waals surface area contributed by atoms with Crippen LogP contribution < -0.4 is 14.4 Å². The van der Waals surface area contributed by atoms with Gasteiger partial charge in [-0.2, -0.15) is 13.8 Å². The number of nitrogens with zero attached hydrogens (tertiary/aromatic N) is 3. The third-order valence-electron chi connectivity index (χ3n) is 3.47. The normalized spacial score (nSPS) is 15.3. The second-order valence-electron chi connectivity index (χ2n) is 6.51. The molecule has 0 radical (unpaired) electrons. The number of rotatable bonds is 4. The number of methoxy groups -OCH3 is 1. The first kappa shape index (κ1) is 19.0. The molecule has 1 fully saturated rings. The lowest BCUT2D eigenvalue weighted by atomic mass is 10.2. The van der Waals surface area contributed by atoms with Gasteiger partial charge in [-0.3, -0.25) is 0 Å². The minimum atomic E-state index is -2.95. The maximum absolute atomic E-state index is 12.4. The van der Waals surface area contributed by atoms with Gasteiger partial charge in [-0.1, -0.05) is 0 Å². The van der Waals surface area contributed by atoms with E-state index >= 15 is 0 Å². The van der Waals surface area contributed by atoms with Gasteiger partial charge in [0.15, 0.2) is 11.6 Å². The molecule has 1 aromatic rings. The zero-order chi connectivity index (χ0) is 18.6. The van der Waals surface area contributed by atoms with Gasteiger partial charge in [0.25, 0.3) is 0 Å². The van der Waals surface area contributed by atoms with Crippen molar-refractivity contribution in [3.8, 4) is 11.6 Å². The minimum absolute atomic E-state index is 0.180. The standard InChI is InChI=1S/C16H23F2N3O4/c1-16(2,3)25-15(22)21-9-7-20(8-10-21)13-11(23-4)5-6-12(19-13)24-14(17)18/h5-6,14H,7-10H2,1-4H3. The number of amides is 1. The number of hydrogen-bond donors (Lipinski definition) is 0. The zero-order valence-electron chi connectivity index (χ0n) is 14.8. The molecule has 2 heterocycles. The topological polar surface area (TPSA) is 64.1 Å². The lowest BCUT2D eigenvalue weighted by Crippen LogP contribution is -2.50. The third kappa shape index (κ3) is 5.33. The first-order valence-corrected chi connectivity index (χ1v) is 7.92. The van der Waals surface area contributed by atoms with Crippen LogP contribution in [0.2, 0.25) is 0 Å². The fraction of sp³-hybridized carbons (Fsp3) is 0.625. The van der Waals surface area contributed by atoms with Crippen molar-refractivity contribution in [2.24, 2.45) is 0 Å². The van der Waals surface area contributed by atoms with Crippen molar-refractivity contribution in [2.75, 3.05) is 38.2 Å². The van der Waals surface area contributed by atoms with Crippen molar-refractivity contribution in [2.45, 2.75) is 33.0 Å². The van der Waals surface area contributed by atoms with Crippen molar-refractivity contribution < 1.29 is 27.8 Å². The molecule has 25 heavy (non-hydrogen) atoms. The second-order valence-corrected chi connectivity index (χ2v) is 6.51. The molecule has 0 saturated carbocycles. The van der Waals surface area contributed by atoms with Crippen molar-refractivity contribution in [1.29, 1.82) is 0 Å². The first-order valence-electron chi connectivity index (χ1n) is 7.92. The molecule has 140 valence electrons. The van der Waals surface area contributed by atoms with E-state index in [-0.39, 0.29) is 12.0 Å². The Morgan fingerprint density at radius 1 is 1.20 bits per heavy atom. The van der Waals surface area contributed by atoms with Crippen LogP contribution in [0.3, 0.4) is 0 Å². The summed E-state index contributed by atoms with van der Waals surface area (Å²) in [5.41, 5.74) is -0.556. The number of piperazine rings is 1. The van der Waals surface area contributed by atoms with E-state index < -0.39 is 12.2 Å². The summed E-state index contributed by atoms with van der Waals surface area (Å²) in [4.78, 5) is 19.7. The van der Waals surface area contributed by atoms with E-state index in [9.17, 15) is 13.6 Å². The number of halogens is 2. The SMILES string of the molecule is COc1ccc(OC(F)F)nc1N1CCN(C(=O)OC(C)(C)C)CC1. The highest BCUT2D eigenvalue weighted by Crippen LogP contribution is 2.30. The van der Waals surface area contributed by atoms with Crippen LogP contribution in [-0.4, -0.2) is 61.5 Å². The summed E-state index contributed by atoms with van der Waals surface area (Å²) < 4.78 is 39.7. The maximum atomic E-state index is 12.4. The second kappa shape index (κ2) is 7.71. The van der Waals surface area contributed by atoms with Crippen molar-refractivity contribution in [1.82, 2.24) is 9.88 Å². The quantitative estimate of drug-likeness (QED) is 0.824. The molecule has 0 unspecified atom stereocenters. The molecule has 0 spiro atoms. The molecule has 0 aliphatic carbocycles. The molecule has 1 aromatic heterocycles. The van der Waals surface area contributed by atoms with Crippen LogP contribution in [0.4, 0.5) is 19.4 Å². The average molecular weight is 359 g/mol. The molecule has 0 aromatic carbocycles. The van der Waals surface area contributed by atoms with E-state index in [1.54, 1.807) is 4.90 Å². The van der Waals surface area contributed by atoms with Gasteiger partial charge in [0.05, 0.1) is 7.11 Å². The van der Waals surface area contributed by atoms with E-state index in [4.69, 9.17) is 9.47 Å². The van der Waals surface area contributed by atoms with E-state index in [1.165, 1.54) is 19.2 Å². The van der Waals surface area contributed by atoms with Gasteiger partial charge in [0.2, 0.25) is 5.88 Å². The molecule has 0 atom stereocenters.